The third-order valence-electron chi connectivity index (χ3n) is 6.38. The van der Waals surface area contributed by atoms with E-state index in [1.807, 2.05) is 72.5 Å². The minimum absolute atomic E-state index is 0.127. The molecule has 33 heavy (non-hydrogen) atoms. The zero-order valence-electron chi connectivity index (χ0n) is 19.1. The molecule has 1 fully saturated rings. The Bertz CT molecular complexity index is 1330. The van der Waals surface area contributed by atoms with Crippen LogP contribution in [-0.2, 0) is 0 Å². The summed E-state index contributed by atoms with van der Waals surface area (Å²) >= 11 is 0. The van der Waals surface area contributed by atoms with Gasteiger partial charge in [-0.15, -0.1) is 0 Å². The van der Waals surface area contributed by atoms with Gasteiger partial charge in [0.15, 0.2) is 5.58 Å². The highest BCUT2D eigenvalue weighted by molar-refractivity contribution is 5.90. The number of carbonyl (C=O) groups excluding carboxylic acids is 1. The number of carbonyl (C=O) groups is 1. The fourth-order valence-corrected chi connectivity index (χ4v) is 4.42. The van der Waals surface area contributed by atoms with E-state index < -0.39 is 0 Å². The van der Waals surface area contributed by atoms with Crippen LogP contribution in [0.3, 0.4) is 0 Å². The van der Waals surface area contributed by atoms with E-state index in [2.05, 4.69) is 12.2 Å². The van der Waals surface area contributed by atoms with Crippen LogP contribution in [0.1, 0.15) is 35.9 Å². The van der Waals surface area contributed by atoms with Crippen LogP contribution in [0.2, 0.25) is 0 Å². The van der Waals surface area contributed by atoms with Gasteiger partial charge in [0, 0.05) is 17.8 Å². The molecule has 168 valence electrons. The van der Waals surface area contributed by atoms with Crippen molar-refractivity contribution in [2.24, 2.45) is 0 Å². The van der Waals surface area contributed by atoms with E-state index in [0.29, 0.717) is 18.0 Å². The van der Waals surface area contributed by atoms with Crippen molar-refractivity contribution in [3.05, 3.63) is 77.7 Å². The molecule has 4 aromatic rings. The number of ether oxygens (including phenoxy) is 1. The second kappa shape index (κ2) is 8.62. The number of hydrogen-bond acceptors (Lipinski definition) is 4. The number of urea groups is 1. The molecule has 1 unspecified atom stereocenters. The SMILES string of the molecule is COc1ccccc1-c1ccc2oc(C3CCCN3C(=O)Nc3ccc(C)c(C)c3)nc2c1. The van der Waals surface area contributed by atoms with Gasteiger partial charge in [-0.05, 0) is 73.7 Å². The maximum Gasteiger partial charge on any atom is 0.322 e. The number of benzene rings is 3. The number of fused-ring (bicyclic) bond motifs is 1. The second-order valence-electron chi connectivity index (χ2n) is 8.52. The zero-order chi connectivity index (χ0) is 22.9. The van der Waals surface area contributed by atoms with Crippen LogP contribution in [0, 0.1) is 13.8 Å². The third kappa shape index (κ3) is 4.04. The molecular weight excluding hydrogens is 414 g/mol. The molecule has 0 radical (unpaired) electrons. The average molecular weight is 442 g/mol. The van der Waals surface area contributed by atoms with Gasteiger partial charge in [0.05, 0.1) is 7.11 Å². The van der Waals surface area contributed by atoms with Gasteiger partial charge in [0.1, 0.15) is 17.3 Å². The summed E-state index contributed by atoms with van der Waals surface area (Å²) in [6.45, 7) is 4.78. The van der Waals surface area contributed by atoms with E-state index in [1.165, 1.54) is 5.56 Å². The fraction of sp³-hybridized carbons (Fsp3) is 0.259. The number of methoxy groups -OCH3 is 1. The molecule has 6 nitrogen and oxygen atoms in total. The third-order valence-corrected chi connectivity index (χ3v) is 6.38. The smallest absolute Gasteiger partial charge is 0.322 e. The molecule has 1 saturated heterocycles. The van der Waals surface area contributed by atoms with Crippen molar-refractivity contribution in [2.45, 2.75) is 32.7 Å². The Labute approximate surface area is 193 Å². The number of aromatic nitrogens is 1. The maximum absolute atomic E-state index is 13.1. The molecule has 3 aromatic carbocycles. The quantitative estimate of drug-likeness (QED) is 0.393. The second-order valence-corrected chi connectivity index (χ2v) is 8.52. The van der Waals surface area contributed by atoms with Gasteiger partial charge in [-0.3, -0.25) is 0 Å². The maximum atomic E-state index is 13.1. The van der Waals surface area contributed by atoms with Crippen molar-refractivity contribution >= 4 is 22.8 Å². The number of para-hydroxylation sites is 1. The minimum atomic E-state index is -0.182. The largest absolute Gasteiger partial charge is 0.496 e. The first-order valence-electron chi connectivity index (χ1n) is 11.2. The first-order chi connectivity index (χ1) is 16.0. The molecule has 0 spiro atoms. The highest BCUT2D eigenvalue weighted by Gasteiger charge is 2.33. The van der Waals surface area contributed by atoms with E-state index in [4.69, 9.17) is 14.1 Å². The van der Waals surface area contributed by atoms with Gasteiger partial charge < -0.3 is 19.4 Å². The summed E-state index contributed by atoms with van der Waals surface area (Å²) in [6, 6.07) is 19.5. The zero-order valence-corrected chi connectivity index (χ0v) is 19.1. The van der Waals surface area contributed by atoms with E-state index in [9.17, 15) is 4.79 Å². The lowest BCUT2D eigenvalue weighted by Crippen LogP contribution is -2.34. The predicted octanol–water partition coefficient (Wildman–Crippen LogP) is 6.49. The van der Waals surface area contributed by atoms with Crippen molar-refractivity contribution in [2.75, 3.05) is 19.0 Å². The first kappa shape index (κ1) is 21.1. The number of aryl methyl sites for hydroxylation is 2. The molecule has 1 aliphatic heterocycles. The number of anilines is 1. The molecule has 1 aliphatic rings. The standard InChI is InChI=1S/C27H27N3O3/c1-17-10-12-20(15-18(17)2)28-27(31)30-14-6-8-23(30)26-29-22-16-19(11-13-25(22)33-26)21-7-4-5-9-24(21)32-3/h4-5,7,9-13,15-16,23H,6,8,14H2,1-3H3,(H,28,31). The Hall–Kier alpha value is -3.80. The lowest BCUT2D eigenvalue weighted by molar-refractivity contribution is 0.199. The Morgan fingerprint density at radius 3 is 2.76 bits per heavy atom. The molecule has 2 heterocycles. The summed E-state index contributed by atoms with van der Waals surface area (Å²) in [5.74, 6) is 1.39. The summed E-state index contributed by atoms with van der Waals surface area (Å²) in [5, 5.41) is 3.03. The number of likely N-dealkylation sites (tertiary alicyclic amines) is 1. The number of nitrogens with zero attached hydrogens (tertiary/aromatic N) is 2. The molecule has 1 N–H and O–H groups in total. The summed E-state index contributed by atoms with van der Waals surface area (Å²) in [5.41, 5.74) is 6.64. The van der Waals surface area contributed by atoms with Crippen LogP contribution in [0.5, 0.6) is 5.75 Å². The first-order valence-corrected chi connectivity index (χ1v) is 11.2. The van der Waals surface area contributed by atoms with Gasteiger partial charge in [0.25, 0.3) is 0 Å². The van der Waals surface area contributed by atoms with Crippen molar-refractivity contribution < 1.29 is 13.9 Å². The van der Waals surface area contributed by atoms with Gasteiger partial charge in [-0.2, -0.15) is 0 Å². The van der Waals surface area contributed by atoms with Gasteiger partial charge in [-0.25, -0.2) is 9.78 Å². The summed E-state index contributed by atoms with van der Waals surface area (Å²) in [4.78, 5) is 19.6. The predicted molar refractivity (Wildman–Crippen MR) is 130 cm³/mol. The van der Waals surface area contributed by atoms with Crippen molar-refractivity contribution in [3.8, 4) is 16.9 Å². The summed E-state index contributed by atoms with van der Waals surface area (Å²) < 4.78 is 11.6. The number of rotatable bonds is 4. The molecule has 6 heteroatoms. The summed E-state index contributed by atoms with van der Waals surface area (Å²) in [7, 11) is 1.67. The van der Waals surface area contributed by atoms with Crippen molar-refractivity contribution in [1.29, 1.82) is 0 Å². The lowest BCUT2D eigenvalue weighted by Gasteiger charge is -2.22. The Kier molecular flexibility index (Phi) is 5.50. The molecule has 1 aromatic heterocycles. The van der Waals surface area contributed by atoms with Crippen molar-refractivity contribution in [1.82, 2.24) is 9.88 Å². The monoisotopic (exact) mass is 441 g/mol. The number of amides is 2. The van der Waals surface area contributed by atoms with Crippen LogP contribution in [-0.4, -0.2) is 29.6 Å². The van der Waals surface area contributed by atoms with Crippen molar-refractivity contribution in [3.63, 3.8) is 0 Å². The average Bonchev–Trinajstić information content (AvgIpc) is 3.48. The van der Waals surface area contributed by atoms with Gasteiger partial charge in [0.2, 0.25) is 5.89 Å². The Morgan fingerprint density at radius 2 is 1.94 bits per heavy atom. The topological polar surface area (TPSA) is 67.6 Å². The van der Waals surface area contributed by atoms with Crippen LogP contribution >= 0.6 is 0 Å². The lowest BCUT2D eigenvalue weighted by atomic mass is 10.0. The van der Waals surface area contributed by atoms with Gasteiger partial charge in [-0.1, -0.05) is 30.3 Å². The molecule has 0 bridgehead atoms. The minimum Gasteiger partial charge on any atom is -0.496 e. The number of nitrogens with one attached hydrogen (secondary N) is 1. The molecular formula is C27H27N3O3. The molecule has 0 saturated carbocycles. The molecule has 5 rings (SSSR count). The van der Waals surface area contributed by atoms with E-state index >= 15 is 0 Å². The van der Waals surface area contributed by atoms with Crippen LogP contribution in [0.25, 0.3) is 22.2 Å². The van der Waals surface area contributed by atoms with Crippen LogP contribution in [0.15, 0.2) is 65.1 Å². The van der Waals surface area contributed by atoms with Gasteiger partial charge >= 0.3 is 6.03 Å². The van der Waals surface area contributed by atoms with E-state index in [0.717, 1.165) is 46.5 Å². The molecule has 1 atom stereocenters. The fourth-order valence-electron chi connectivity index (χ4n) is 4.42. The normalized spacial score (nSPS) is 15.7. The number of hydrogen-bond donors (Lipinski definition) is 1. The summed E-state index contributed by atoms with van der Waals surface area (Å²) in [6.07, 6.45) is 1.74. The Morgan fingerprint density at radius 1 is 1.09 bits per heavy atom. The Balaban J connectivity index is 1.40. The van der Waals surface area contributed by atoms with E-state index in [-0.39, 0.29) is 12.1 Å². The highest BCUT2D eigenvalue weighted by Crippen LogP contribution is 2.36. The molecule has 2 amide bonds. The van der Waals surface area contributed by atoms with Crippen LogP contribution < -0.4 is 10.1 Å². The number of oxazole rings is 1. The van der Waals surface area contributed by atoms with Crippen LogP contribution in [0.4, 0.5) is 10.5 Å². The molecule has 0 aliphatic carbocycles. The van der Waals surface area contributed by atoms with E-state index in [1.54, 1.807) is 7.11 Å². The highest BCUT2D eigenvalue weighted by atomic mass is 16.5.